The van der Waals surface area contributed by atoms with E-state index < -0.39 is 0 Å². The number of esters is 1. The molecule has 3 heteroatoms. The molecule has 0 N–H and O–H groups in total. The van der Waals surface area contributed by atoms with E-state index in [-0.39, 0.29) is 16.9 Å². The van der Waals surface area contributed by atoms with E-state index in [1.54, 1.807) is 0 Å². The Labute approximate surface area is 122 Å². The molecule has 0 radical (unpaired) electrons. The van der Waals surface area contributed by atoms with E-state index in [1.165, 1.54) is 43.7 Å². The third-order valence-corrected chi connectivity index (χ3v) is 5.67. The van der Waals surface area contributed by atoms with Crippen LogP contribution in [0.1, 0.15) is 55.8 Å². The number of carbonyl (C=O) groups excluding carboxylic acids is 1. The van der Waals surface area contributed by atoms with Crippen molar-refractivity contribution in [3.05, 3.63) is 35.4 Å². The third-order valence-electron chi connectivity index (χ3n) is 4.51. The van der Waals surface area contributed by atoms with Crippen LogP contribution in [-0.2, 0) is 9.53 Å². The van der Waals surface area contributed by atoms with Crippen LogP contribution in [-0.4, -0.2) is 10.8 Å². The van der Waals surface area contributed by atoms with E-state index in [4.69, 9.17) is 4.74 Å². The number of benzene rings is 1. The van der Waals surface area contributed by atoms with Crippen LogP contribution in [0.15, 0.2) is 24.3 Å². The summed E-state index contributed by atoms with van der Waals surface area (Å²) in [5.41, 5.74) is 2.59. The molecule has 102 valence electrons. The normalized spacial score (nSPS) is 33.2. The zero-order chi connectivity index (χ0) is 13.4. The van der Waals surface area contributed by atoms with Gasteiger partial charge in [0.25, 0.3) is 0 Å². The SMILES string of the molecule is CC(=O)OC1c2ccccc2C2CCCCC2C1Br. The fraction of sp³-hybridized carbons (Fsp3) is 0.562. The first kappa shape index (κ1) is 13.2. The van der Waals surface area contributed by atoms with Gasteiger partial charge in [0.1, 0.15) is 6.10 Å². The first-order valence-electron chi connectivity index (χ1n) is 7.08. The Morgan fingerprint density at radius 3 is 2.63 bits per heavy atom. The van der Waals surface area contributed by atoms with Crippen molar-refractivity contribution in [3.63, 3.8) is 0 Å². The molecule has 1 saturated carbocycles. The first-order chi connectivity index (χ1) is 9.18. The number of ether oxygens (including phenoxy) is 1. The van der Waals surface area contributed by atoms with Gasteiger partial charge in [0, 0.05) is 6.92 Å². The van der Waals surface area contributed by atoms with Crippen LogP contribution in [0.2, 0.25) is 0 Å². The Balaban J connectivity index is 2.03. The predicted molar refractivity (Wildman–Crippen MR) is 78.4 cm³/mol. The Morgan fingerprint density at radius 1 is 1.21 bits per heavy atom. The van der Waals surface area contributed by atoms with E-state index in [9.17, 15) is 4.79 Å². The van der Waals surface area contributed by atoms with Gasteiger partial charge in [-0.2, -0.15) is 0 Å². The highest BCUT2D eigenvalue weighted by Crippen LogP contribution is 2.52. The van der Waals surface area contributed by atoms with E-state index in [0.29, 0.717) is 11.8 Å². The highest BCUT2D eigenvalue weighted by Gasteiger charge is 2.43. The van der Waals surface area contributed by atoms with E-state index in [2.05, 4.69) is 34.1 Å². The molecule has 4 unspecified atom stereocenters. The first-order valence-corrected chi connectivity index (χ1v) is 8.00. The topological polar surface area (TPSA) is 26.3 Å². The van der Waals surface area contributed by atoms with Gasteiger partial charge in [0.2, 0.25) is 0 Å². The summed E-state index contributed by atoms with van der Waals surface area (Å²) in [5, 5.41) is 0. The van der Waals surface area contributed by atoms with Gasteiger partial charge >= 0.3 is 5.97 Å². The molecule has 2 aliphatic carbocycles. The Bertz CT molecular complexity index is 485. The lowest BCUT2D eigenvalue weighted by Crippen LogP contribution is -2.37. The van der Waals surface area contributed by atoms with Gasteiger partial charge in [0.05, 0.1) is 4.83 Å². The maximum Gasteiger partial charge on any atom is 0.303 e. The molecular weight excluding hydrogens is 304 g/mol. The summed E-state index contributed by atoms with van der Waals surface area (Å²) in [6.45, 7) is 1.50. The van der Waals surface area contributed by atoms with Gasteiger partial charge < -0.3 is 4.74 Å². The number of rotatable bonds is 1. The standard InChI is InChI=1S/C16H19BrO2/c1-10(18)19-16-14-9-5-3-7-12(14)11-6-2-4-8-13(11)15(16)17/h3,5,7,9,11,13,15-16H,2,4,6,8H2,1H3. The highest BCUT2D eigenvalue weighted by atomic mass is 79.9. The van der Waals surface area contributed by atoms with Crippen LogP contribution >= 0.6 is 15.9 Å². The molecular formula is C16H19BrO2. The summed E-state index contributed by atoms with van der Waals surface area (Å²) < 4.78 is 5.59. The van der Waals surface area contributed by atoms with Crippen LogP contribution in [0.4, 0.5) is 0 Å². The molecule has 0 aliphatic heterocycles. The minimum absolute atomic E-state index is 0.131. The zero-order valence-electron chi connectivity index (χ0n) is 11.1. The van der Waals surface area contributed by atoms with Gasteiger partial charge in [-0.05, 0) is 35.8 Å². The largest absolute Gasteiger partial charge is 0.456 e. The van der Waals surface area contributed by atoms with Gasteiger partial charge in [0.15, 0.2) is 0 Å². The average molecular weight is 323 g/mol. The summed E-state index contributed by atoms with van der Waals surface area (Å²) in [6.07, 6.45) is 4.96. The van der Waals surface area contributed by atoms with E-state index in [0.717, 1.165) is 0 Å². The molecule has 1 fully saturated rings. The van der Waals surface area contributed by atoms with Crippen molar-refractivity contribution in [1.29, 1.82) is 0 Å². The van der Waals surface area contributed by atoms with E-state index in [1.807, 2.05) is 6.07 Å². The molecule has 3 rings (SSSR count). The summed E-state index contributed by atoms with van der Waals surface area (Å²) in [7, 11) is 0. The van der Waals surface area contributed by atoms with Crippen LogP contribution in [0.5, 0.6) is 0 Å². The number of alkyl halides is 1. The maximum absolute atomic E-state index is 11.4. The molecule has 0 amide bonds. The van der Waals surface area contributed by atoms with Gasteiger partial charge in [-0.25, -0.2) is 0 Å². The van der Waals surface area contributed by atoms with Gasteiger partial charge in [-0.3, -0.25) is 4.79 Å². The average Bonchev–Trinajstić information content (AvgIpc) is 2.43. The second kappa shape index (κ2) is 5.28. The molecule has 0 heterocycles. The second-order valence-electron chi connectivity index (χ2n) is 5.66. The Hall–Kier alpha value is -0.830. The molecule has 4 atom stereocenters. The molecule has 0 saturated heterocycles. The van der Waals surface area contributed by atoms with Gasteiger partial charge in [-0.1, -0.05) is 53.0 Å². The molecule has 0 bridgehead atoms. The van der Waals surface area contributed by atoms with Gasteiger partial charge in [-0.15, -0.1) is 0 Å². The minimum Gasteiger partial charge on any atom is -0.456 e. The van der Waals surface area contributed by atoms with Crippen LogP contribution in [0, 0.1) is 5.92 Å². The van der Waals surface area contributed by atoms with Crippen molar-refractivity contribution in [2.45, 2.75) is 49.5 Å². The quantitative estimate of drug-likeness (QED) is 0.568. The third kappa shape index (κ3) is 2.33. The number of hydrogen-bond acceptors (Lipinski definition) is 2. The molecule has 0 spiro atoms. The summed E-state index contributed by atoms with van der Waals surface area (Å²) in [5.74, 6) is 1.02. The van der Waals surface area contributed by atoms with Crippen molar-refractivity contribution < 1.29 is 9.53 Å². The summed E-state index contributed by atoms with van der Waals surface area (Å²) >= 11 is 3.82. The highest BCUT2D eigenvalue weighted by molar-refractivity contribution is 9.09. The monoisotopic (exact) mass is 322 g/mol. The summed E-state index contributed by atoms with van der Waals surface area (Å²) in [4.78, 5) is 11.6. The smallest absolute Gasteiger partial charge is 0.303 e. The fourth-order valence-electron chi connectivity index (χ4n) is 3.74. The number of carbonyl (C=O) groups is 1. The van der Waals surface area contributed by atoms with Crippen LogP contribution in [0.3, 0.4) is 0 Å². The van der Waals surface area contributed by atoms with Crippen LogP contribution < -0.4 is 0 Å². The lowest BCUT2D eigenvalue weighted by molar-refractivity contribution is -0.147. The van der Waals surface area contributed by atoms with Crippen molar-refractivity contribution in [1.82, 2.24) is 0 Å². The van der Waals surface area contributed by atoms with Crippen molar-refractivity contribution in [2.75, 3.05) is 0 Å². The predicted octanol–water partition coefficient (Wildman–Crippen LogP) is 4.34. The molecule has 2 aliphatic rings. The number of fused-ring (bicyclic) bond motifs is 3. The number of halogens is 1. The maximum atomic E-state index is 11.4. The van der Waals surface area contributed by atoms with Crippen molar-refractivity contribution in [3.8, 4) is 0 Å². The number of hydrogen-bond donors (Lipinski definition) is 0. The van der Waals surface area contributed by atoms with Crippen LogP contribution in [0.25, 0.3) is 0 Å². The van der Waals surface area contributed by atoms with Crippen molar-refractivity contribution >= 4 is 21.9 Å². The Morgan fingerprint density at radius 2 is 1.89 bits per heavy atom. The van der Waals surface area contributed by atoms with Crippen molar-refractivity contribution in [2.24, 2.45) is 5.92 Å². The molecule has 1 aromatic carbocycles. The summed E-state index contributed by atoms with van der Waals surface area (Å²) in [6, 6.07) is 8.47. The van der Waals surface area contributed by atoms with E-state index >= 15 is 0 Å². The Kier molecular flexibility index (Phi) is 3.66. The molecule has 1 aromatic rings. The zero-order valence-corrected chi connectivity index (χ0v) is 12.7. The molecule has 0 aromatic heterocycles. The minimum atomic E-state index is -0.196. The fourth-order valence-corrected chi connectivity index (χ4v) is 4.76. The second-order valence-corrected chi connectivity index (χ2v) is 6.72. The lowest BCUT2D eigenvalue weighted by atomic mass is 9.67. The molecule has 19 heavy (non-hydrogen) atoms. The lowest BCUT2D eigenvalue weighted by Gasteiger charge is -2.43. The molecule has 2 nitrogen and oxygen atoms in total.